The van der Waals surface area contributed by atoms with E-state index in [1.54, 1.807) is 26.4 Å². The van der Waals surface area contributed by atoms with Crippen LogP contribution in [0.2, 0.25) is 0 Å². The minimum Gasteiger partial charge on any atom is -0.493 e. The van der Waals surface area contributed by atoms with Crippen molar-refractivity contribution < 1.29 is 14.6 Å². The molecule has 0 aliphatic rings. The molecular weight excluding hydrogens is 306 g/mol. The van der Waals surface area contributed by atoms with Crippen molar-refractivity contribution in [1.29, 1.82) is 0 Å². The second-order valence-corrected chi connectivity index (χ2v) is 5.62. The minimum atomic E-state index is -0.0477. The lowest BCUT2D eigenvalue weighted by Gasteiger charge is -2.07. The molecular formula is C18H19N3O3. The number of hydrogen-bond acceptors (Lipinski definition) is 5. The van der Waals surface area contributed by atoms with Gasteiger partial charge >= 0.3 is 0 Å². The van der Waals surface area contributed by atoms with Gasteiger partial charge in [0.15, 0.2) is 17.2 Å². The first kappa shape index (κ1) is 15.9. The number of azo groups is 1. The number of fused-ring (bicyclic) bond motifs is 1. The van der Waals surface area contributed by atoms with Crippen molar-refractivity contribution in [3.8, 4) is 17.4 Å². The number of aryl methyl sites for hydroxylation is 2. The van der Waals surface area contributed by atoms with Gasteiger partial charge in [0.2, 0.25) is 5.88 Å². The summed E-state index contributed by atoms with van der Waals surface area (Å²) in [6.45, 7) is 4.01. The van der Waals surface area contributed by atoms with Crippen LogP contribution in [0.4, 0.5) is 11.4 Å². The Bertz CT molecular complexity index is 909. The smallest absolute Gasteiger partial charge is 0.218 e. The summed E-state index contributed by atoms with van der Waals surface area (Å²) in [5.74, 6) is 1.09. The van der Waals surface area contributed by atoms with E-state index < -0.39 is 0 Å². The lowest BCUT2D eigenvalue weighted by molar-refractivity contribution is 0.356. The molecule has 1 heterocycles. The zero-order valence-corrected chi connectivity index (χ0v) is 14.0. The number of hydrogen-bond donors (Lipinski definition) is 2. The van der Waals surface area contributed by atoms with Crippen molar-refractivity contribution in [3.05, 3.63) is 41.5 Å². The summed E-state index contributed by atoms with van der Waals surface area (Å²) < 4.78 is 10.6. The van der Waals surface area contributed by atoms with Crippen molar-refractivity contribution in [2.75, 3.05) is 14.2 Å². The molecule has 0 radical (unpaired) electrons. The fraction of sp³-hybridized carbons (Fsp3) is 0.222. The van der Waals surface area contributed by atoms with Gasteiger partial charge in [0, 0.05) is 11.5 Å². The van der Waals surface area contributed by atoms with E-state index in [1.807, 2.05) is 26.0 Å². The van der Waals surface area contributed by atoms with Crippen LogP contribution in [0.3, 0.4) is 0 Å². The van der Waals surface area contributed by atoms with Gasteiger partial charge in [-0.05, 0) is 43.2 Å². The Morgan fingerprint density at radius 1 is 0.875 bits per heavy atom. The Labute approximate surface area is 139 Å². The van der Waals surface area contributed by atoms with Crippen LogP contribution >= 0.6 is 0 Å². The standard InChI is InChI=1S/C18H19N3O3/c1-10-5-11(2)7-12(6-10)20-21-17-13-8-15(23-3)16(24-4)9-14(13)19-18(17)22/h5-9,19,22H,1-4H3. The highest BCUT2D eigenvalue weighted by Crippen LogP contribution is 2.41. The van der Waals surface area contributed by atoms with Crippen molar-refractivity contribution in [3.63, 3.8) is 0 Å². The number of ether oxygens (including phenoxy) is 2. The van der Waals surface area contributed by atoms with Gasteiger partial charge in [0.25, 0.3) is 0 Å². The molecule has 0 unspecified atom stereocenters. The fourth-order valence-corrected chi connectivity index (χ4v) is 2.71. The molecule has 0 saturated heterocycles. The summed E-state index contributed by atoms with van der Waals surface area (Å²) >= 11 is 0. The lowest BCUT2D eigenvalue weighted by Crippen LogP contribution is -1.89. The Hall–Kier alpha value is -3.02. The van der Waals surface area contributed by atoms with Crippen molar-refractivity contribution in [2.45, 2.75) is 13.8 Å². The molecule has 0 spiro atoms. The van der Waals surface area contributed by atoms with E-state index in [0.29, 0.717) is 28.1 Å². The van der Waals surface area contributed by atoms with E-state index in [0.717, 1.165) is 16.8 Å². The van der Waals surface area contributed by atoms with Gasteiger partial charge in [-0.2, -0.15) is 5.11 Å². The highest BCUT2D eigenvalue weighted by Gasteiger charge is 2.15. The zero-order chi connectivity index (χ0) is 17.3. The van der Waals surface area contributed by atoms with Crippen LogP contribution in [0.25, 0.3) is 10.9 Å². The predicted molar refractivity (Wildman–Crippen MR) is 93.2 cm³/mol. The third-order valence-corrected chi connectivity index (χ3v) is 3.73. The minimum absolute atomic E-state index is 0.0477. The molecule has 0 amide bonds. The van der Waals surface area contributed by atoms with E-state index in [1.165, 1.54) is 0 Å². The first-order valence-electron chi connectivity index (χ1n) is 7.48. The monoisotopic (exact) mass is 325 g/mol. The first-order valence-corrected chi connectivity index (χ1v) is 7.48. The number of aromatic amines is 1. The Balaban J connectivity index is 2.08. The quantitative estimate of drug-likeness (QED) is 0.668. The molecule has 3 rings (SSSR count). The van der Waals surface area contributed by atoms with Crippen molar-refractivity contribution in [2.24, 2.45) is 10.2 Å². The first-order chi connectivity index (χ1) is 11.5. The largest absolute Gasteiger partial charge is 0.493 e. The predicted octanol–water partition coefficient (Wildman–Crippen LogP) is 4.92. The van der Waals surface area contributed by atoms with Gasteiger partial charge in [0.05, 0.1) is 25.4 Å². The van der Waals surface area contributed by atoms with Crippen molar-refractivity contribution in [1.82, 2.24) is 4.98 Å². The number of aromatic nitrogens is 1. The number of nitrogens with one attached hydrogen (secondary N) is 1. The Kier molecular flexibility index (Phi) is 4.12. The molecule has 0 saturated carbocycles. The summed E-state index contributed by atoms with van der Waals surface area (Å²) in [6.07, 6.45) is 0. The average Bonchev–Trinajstić information content (AvgIpc) is 2.85. The molecule has 6 nitrogen and oxygen atoms in total. The second-order valence-electron chi connectivity index (χ2n) is 5.62. The maximum Gasteiger partial charge on any atom is 0.218 e. The van der Waals surface area contributed by atoms with Crippen LogP contribution in [0.15, 0.2) is 40.6 Å². The van der Waals surface area contributed by atoms with Gasteiger partial charge in [-0.25, -0.2) is 0 Å². The topological polar surface area (TPSA) is 79.2 Å². The highest BCUT2D eigenvalue weighted by molar-refractivity contribution is 5.96. The van der Waals surface area contributed by atoms with E-state index >= 15 is 0 Å². The summed E-state index contributed by atoms with van der Waals surface area (Å²) in [5, 5.41) is 19.3. The van der Waals surface area contributed by atoms with Gasteiger partial charge in [-0.3, -0.25) is 0 Å². The summed E-state index contributed by atoms with van der Waals surface area (Å²) in [4.78, 5) is 2.88. The maximum absolute atomic E-state index is 10.2. The molecule has 0 bridgehead atoms. The van der Waals surface area contributed by atoms with Gasteiger partial charge in [0.1, 0.15) is 0 Å². The molecule has 0 atom stereocenters. The van der Waals surface area contributed by atoms with Crippen LogP contribution in [0.1, 0.15) is 11.1 Å². The van der Waals surface area contributed by atoms with E-state index in [-0.39, 0.29) is 5.88 Å². The van der Waals surface area contributed by atoms with Crippen molar-refractivity contribution >= 4 is 22.3 Å². The number of benzene rings is 2. The second kappa shape index (κ2) is 6.23. The molecule has 2 aromatic carbocycles. The average molecular weight is 325 g/mol. The third-order valence-electron chi connectivity index (χ3n) is 3.73. The van der Waals surface area contributed by atoms with E-state index in [9.17, 15) is 5.11 Å². The van der Waals surface area contributed by atoms with E-state index in [4.69, 9.17) is 9.47 Å². The Morgan fingerprint density at radius 2 is 1.50 bits per heavy atom. The number of methoxy groups -OCH3 is 2. The molecule has 2 N–H and O–H groups in total. The van der Waals surface area contributed by atoms with Crippen LogP contribution in [0, 0.1) is 13.8 Å². The fourth-order valence-electron chi connectivity index (χ4n) is 2.71. The lowest BCUT2D eigenvalue weighted by atomic mass is 10.1. The molecule has 0 fully saturated rings. The summed E-state index contributed by atoms with van der Waals surface area (Å²) in [6, 6.07) is 9.46. The van der Waals surface area contributed by atoms with Crippen LogP contribution in [0.5, 0.6) is 17.4 Å². The summed E-state index contributed by atoms with van der Waals surface area (Å²) in [5.41, 5.74) is 4.02. The molecule has 24 heavy (non-hydrogen) atoms. The Morgan fingerprint density at radius 3 is 2.12 bits per heavy atom. The number of H-pyrrole nitrogens is 1. The molecule has 0 aliphatic heterocycles. The number of rotatable bonds is 4. The molecule has 3 aromatic rings. The normalized spacial score (nSPS) is 11.3. The van der Waals surface area contributed by atoms with Crippen LogP contribution < -0.4 is 9.47 Å². The number of nitrogens with zero attached hydrogens (tertiary/aromatic N) is 2. The number of aromatic hydroxyl groups is 1. The third kappa shape index (κ3) is 2.90. The summed E-state index contributed by atoms with van der Waals surface area (Å²) in [7, 11) is 3.13. The van der Waals surface area contributed by atoms with Crippen LogP contribution in [-0.2, 0) is 0 Å². The SMILES string of the molecule is COc1cc2[nH]c(O)c(N=Nc3cc(C)cc(C)c3)c2cc1OC. The van der Waals surface area contributed by atoms with Gasteiger partial charge in [-0.15, -0.1) is 5.11 Å². The van der Waals surface area contributed by atoms with Gasteiger partial charge < -0.3 is 19.6 Å². The highest BCUT2D eigenvalue weighted by atomic mass is 16.5. The van der Waals surface area contributed by atoms with Gasteiger partial charge in [-0.1, -0.05) is 6.07 Å². The zero-order valence-electron chi connectivity index (χ0n) is 14.0. The van der Waals surface area contributed by atoms with E-state index in [2.05, 4.69) is 21.3 Å². The maximum atomic E-state index is 10.2. The van der Waals surface area contributed by atoms with Crippen LogP contribution in [-0.4, -0.2) is 24.3 Å². The molecule has 1 aromatic heterocycles. The molecule has 6 heteroatoms. The molecule has 0 aliphatic carbocycles. The molecule has 124 valence electrons.